The highest BCUT2D eigenvalue weighted by molar-refractivity contribution is 6.30. The molecule has 0 atom stereocenters. The van der Waals surface area contributed by atoms with Crippen LogP contribution < -0.4 is 4.74 Å². The van der Waals surface area contributed by atoms with Crippen LogP contribution in [0.1, 0.15) is 26.3 Å². The second-order valence-corrected chi connectivity index (χ2v) is 6.71. The van der Waals surface area contributed by atoms with Crippen molar-refractivity contribution in [3.8, 4) is 5.75 Å². The van der Waals surface area contributed by atoms with Gasteiger partial charge in [-0.15, -0.1) is 0 Å². The Morgan fingerprint density at radius 2 is 1.57 bits per heavy atom. The molecule has 0 radical (unpaired) electrons. The third kappa shape index (κ3) is 4.78. The molecule has 0 fully saturated rings. The van der Waals surface area contributed by atoms with Crippen LogP contribution in [0.15, 0.2) is 78.9 Å². The van der Waals surface area contributed by atoms with Gasteiger partial charge in [-0.25, -0.2) is 0 Å². The number of likely N-dealkylation sites (N-methyl/N-ethyl adjacent to an activating group) is 1. The molecule has 142 valence electrons. The summed E-state index contributed by atoms with van der Waals surface area (Å²) < 4.78 is 5.65. The van der Waals surface area contributed by atoms with Crippen LogP contribution in [0, 0.1) is 0 Å². The second-order valence-electron chi connectivity index (χ2n) is 6.27. The molecule has 1 amide bonds. The number of ether oxygens (including phenoxy) is 1. The average Bonchev–Trinajstić information content (AvgIpc) is 2.73. The molecule has 3 aromatic rings. The van der Waals surface area contributed by atoms with E-state index in [9.17, 15) is 9.59 Å². The lowest BCUT2D eigenvalue weighted by molar-refractivity contribution is 0.0769. The minimum Gasteiger partial charge on any atom is -0.492 e. The highest BCUT2D eigenvalue weighted by Crippen LogP contribution is 2.18. The van der Waals surface area contributed by atoms with Crippen molar-refractivity contribution in [1.82, 2.24) is 4.90 Å². The zero-order valence-corrected chi connectivity index (χ0v) is 16.2. The van der Waals surface area contributed by atoms with Crippen molar-refractivity contribution >= 4 is 23.3 Å². The maximum absolute atomic E-state index is 12.9. The van der Waals surface area contributed by atoms with E-state index in [1.165, 1.54) is 0 Å². The second kappa shape index (κ2) is 9.20. The molecule has 5 heteroatoms. The number of halogens is 1. The average molecular weight is 394 g/mol. The first-order valence-electron chi connectivity index (χ1n) is 8.89. The number of ketones is 1. The summed E-state index contributed by atoms with van der Waals surface area (Å²) in [6.07, 6.45) is 0. The Labute approximate surface area is 169 Å². The third-order valence-electron chi connectivity index (χ3n) is 4.28. The zero-order chi connectivity index (χ0) is 19.9. The molecule has 0 aromatic heterocycles. The Bertz CT molecular complexity index is 972. The Balaban J connectivity index is 1.69. The predicted molar refractivity (Wildman–Crippen MR) is 110 cm³/mol. The number of benzene rings is 3. The van der Waals surface area contributed by atoms with Gasteiger partial charge in [-0.05, 0) is 24.3 Å². The van der Waals surface area contributed by atoms with Gasteiger partial charge in [0, 0.05) is 23.2 Å². The number of carbonyl (C=O) groups is 2. The minimum absolute atomic E-state index is 0.173. The molecule has 0 aliphatic carbocycles. The summed E-state index contributed by atoms with van der Waals surface area (Å²) in [6.45, 7) is 0.691. The summed E-state index contributed by atoms with van der Waals surface area (Å²) in [5.41, 5.74) is 1.32. The van der Waals surface area contributed by atoms with Gasteiger partial charge >= 0.3 is 0 Å². The largest absolute Gasteiger partial charge is 0.492 e. The van der Waals surface area contributed by atoms with Crippen molar-refractivity contribution in [2.75, 3.05) is 20.2 Å². The van der Waals surface area contributed by atoms with Gasteiger partial charge in [0.25, 0.3) is 5.91 Å². The van der Waals surface area contributed by atoms with E-state index in [0.717, 1.165) is 0 Å². The van der Waals surface area contributed by atoms with Gasteiger partial charge in [0.1, 0.15) is 12.4 Å². The van der Waals surface area contributed by atoms with E-state index >= 15 is 0 Å². The molecule has 0 aliphatic heterocycles. The van der Waals surface area contributed by atoms with E-state index in [2.05, 4.69) is 0 Å². The van der Waals surface area contributed by atoms with Crippen LogP contribution >= 0.6 is 11.6 Å². The van der Waals surface area contributed by atoms with Gasteiger partial charge in [-0.3, -0.25) is 9.59 Å². The summed E-state index contributed by atoms with van der Waals surface area (Å²) in [5.74, 6) is 0.246. The lowest BCUT2D eigenvalue weighted by Crippen LogP contribution is -2.32. The maximum atomic E-state index is 12.9. The first-order chi connectivity index (χ1) is 13.6. The molecule has 28 heavy (non-hydrogen) atoms. The van der Waals surface area contributed by atoms with Crippen LogP contribution in [0.2, 0.25) is 5.02 Å². The van der Waals surface area contributed by atoms with E-state index in [1.54, 1.807) is 78.7 Å². The molecule has 0 unspecified atom stereocenters. The van der Waals surface area contributed by atoms with Crippen LogP contribution in [0.5, 0.6) is 5.75 Å². The normalized spacial score (nSPS) is 10.4. The first kappa shape index (κ1) is 19.6. The van der Waals surface area contributed by atoms with E-state index in [-0.39, 0.29) is 11.7 Å². The number of nitrogens with zero attached hydrogens (tertiary/aromatic N) is 1. The molecule has 0 heterocycles. The zero-order valence-electron chi connectivity index (χ0n) is 15.5. The maximum Gasteiger partial charge on any atom is 0.254 e. The molecule has 4 nitrogen and oxygen atoms in total. The van der Waals surface area contributed by atoms with Crippen molar-refractivity contribution in [1.29, 1.82) is 0 Å². The standard InChI is InChI=1S/C23H20ClNO3/c1-25(14-15-28-19-11-7-10-18(24)16-19)23(27)21-13-6-5-12-20(21)22(26)17-8-3-2-4-9-17/h2-13,16H,14-15H2,1H3. The molecule has 0 saturated carbocycles. The Morgan fingerprint density at radius 3 is 2.29 bits per heavy atom. The van der Waals surface area contributed by atoms with Gasteiger partial charge in [0.05, 0.1) is 12.1 Å². The number of rotatable bonds is 7. The summed E-state index contributed by atoms with van der Waals surface area (Å²) in [5, 5.41) is 0.593. The summed E-state index contributed by atoms with van der Waals surface area (Å²) in [6, 6.07) is 22.9. The fraction of sp³-hybridized carbons (Fsp3) is 0.130. The van der Waals surface area contributed by atoms with Crippen LogP contribution in [0.4, 0.5) is 0 Å². The highest BCUT2D eigenvalue weighted by Gasteiger charge is 2.20. The van der Waals surface area contributed by atoms with Gasteiger partial charge < -0.3 is 9.64 Å². The van der Waals surface area contributed by atoms with Gasteiger partial charge in [-0.2, -0.15) is 0 Å². The van der Waals surface area contributed by atoms with E-state index in [1.807, 2.05) is 12.1 Å². The number of hydrogen-bond donors (Lipinski definition) is 0. The quantitative estimate of drug-likeness (QED) is 0.545. The minimum atomic E-state index is -0.227. The molecule has 0 bridgehead atoms. The van der Waals surface area contributed by atoms with Gasteiger partial charge in [0.15, 0.2) is 5.78 Å². The molecule has 0 aliphatic rings. The number of hydrogen-bond acceptors (Lipinski definition) is 3. The third-order valence-corrected chi connectivity index (χ3v) is 4.51. The summed E-state index contributed by atoms with van der Waals surface area (Å²) in [7, 11) is 1.69. The molecule has 0 saturated heterocycles. The lowest BCUT2D eigenvalue weighted by Gasteiger charge is -2.19. The topological polar surface area (TPSA) is 46.6 Å². The van der Waals surface area contributed by atoms with Crippen molar-refractivity contribution in [2.24, 2.45) is 0 Å². The number of carbonyl (C=O) groups excluding carboxylic acids is 2. The lowest BCUT2D eigenvalue weighted by atomic mass is 9.97. The van der Waals surface area contributed by atoms with Crippen LogP contribution in [-0.4, -0.2) is 36.8 Å². The number of amides is 1. The van der Waals surface area contributed by atoms with Crippen molar-refractivity contribution < 1.29 is 14.3 Å². The molecule has 0 spiro atoms. The fourth-order valence-electron chi connectivity index (χ4n) is 2.78. The fourth-order valence-corrected chi connectivity index (χ4v) is 2.96. The smallest absolute Gasteiger partial charge is 0.254 e. The Kier molecular flexibility index (Phi) is 6.45. The van der Waals surface area contributed by atoms with Crippen molar-refractivity contribution in [3.63, 3.8) is 0 Å². The SMILES string of the molecule is CN(CCOc1cccc(Cl)c1)C(=O)c1ccccc1C(=O)c1ccccc1. The highest BCUT2D eigenvalue weighted by atomic mass is 35.5. The van der Waals surface area contributed by atoms with Gasteiger partial charge in [-0.1, -0.05) is 66.2 Å². The molecular weight excluding hydrogens is 374 g/mol. The van der Waals surface area contributed by atoms with Crippen LogP contribution in [0.3, 0.4) is 0 Å². The van der Waals surface area contributed by atoms with Crippen molar-refractivity contribution in [2.45, 2.75) is 0 Å². The van der Waals surface area contributed by atoms with Gasteiger partial charge in [0.2, 0.25) is 0 Å². The first-order valence-corrected chi connectivity index (χ1v) is 9.26. The Morgan fingerprint density at radius 1 is 0.893 bits per heavy atom. The molecule has 0 N–H and O–H groups in total. The monoisotopic (exact) mass is 393 g/mol. The van der Waals surface area contributed by atoms with E-state index in [0.29, 0.717) is 40.6 Å². The van der Waals surface area contributed by atoms with E-state index in [4.69, 9.17) is 16.3 Å². The molecule has 3 rings (SSSR count). The van der Waals surface area contributed by atoms with Crippen LogP contribution in [-0.2, 0) is 0 Å². The molecular formula is C23H20ClNO3. The molecule has 3 aromatic carbocycles. The van der Waals surface area contributed by atoms with Crippen LogP contribution in [0.25, 0.3) is 0 Å². The predicted octanol–water partition coefficient (Wildman–Crippen LogP) is 4.72. The van der Waals surface area contributed by atoms with Crippen molar-refractivity contribution in [3.05, 3.63) is 101 Å². The Hall–Kier alpha value is -3.11. The summed E-state index contributed by atoms with van der Waals surface area (Å²) >= 11 is 5.94. The van der Waals surface area contributed by atoms with E-state index < -0.39 is 0 Å². The summed E-state index contributed by atoms with van der Waals surface area (Å²) in [4.78, 5) is 27.3.